The van der Waals surface area contributed by atoms with Crippen LogP contribution in [0.2, 0.25) is 0 Å². The van der Waals surface area contributed by atoms with Crippen LogP contribution in [0.25, 0.3) is 0 Å². The third-order valence-corrected chi connectivity index (χ3v) is 3.70. The second-order valence-corrected chi connectivity index (χ2v) is 5.72. The zero-order chi connectivity index (χ0) is 12.7. The van der Waals surface area contributed by atoms with Crippen LogP contribution in [-0.4, -0.2) is 42.4 Å². The predicted molar refractivity (Wildman–Crippen MR) is 79.9 cm³/mol. The van der Waals surface area contributed by atoms with E-state index >= 15 is 0 Å². The van der Waals surface area contributed by atoms with E-state index < -0.39 is 0 Å². The number of nitrogens with zero attached hydrogens (tertiary/aromatic N) is 1. The van der Waals surface area contributed by atoms with Crippen molar-refractivity contribution in [2.75, 3.05) is 25.6 Å². The number of carbonyl (C=O) groups is 1. The van der Waals surface area contributed by atoms with Crippen LogP contribution < -0.4 is 5.73 Å². The lowest BCUT2D eigenvalue weighted by Gasteiger charge is -2.23. The fraction of sp³-hybridized carbons (Fsp3) is 0.917. The van der Waals surface area contributed by atoms with Gasteiger partial charge < -0.3 is 10.6 Å². The minimum absolute atomic E-state index is 0. The van der Waals surface area contributed by atoms with Gasteiger partial charge in [0, 0.05) is 31.3 Å². The molecule has 0 aliphatic carbocycles. The van der Waals surface area contributed by atoms with Gasteiger partial charge in [-0.05, 0) is 18.6 Å². The summed E-state index contributed by atoms with van der Waals surface area (Å²) in [5, 5.41) is 0. The van der Waals surface area contributed by atoms with Crippen LogP contribution in [-0.2, 0) is 4.79 Å². The lowest BCUT2D eigenvalue weighted by atomic mass is 10.0. The van der Waals surface area contributed by atoms with E-state index in [1.165, 1.54) is 0 Å². The van der Waals surface area contributed by atoms with Crippen molar-refractivity contribution in [2.24, 2.45) is 17.6 Å². The van der Waals surface area contributed by atoms with E-state index in [9.17, 15) is 4.79 Å². The van der Waals surface area contributed by atoms with Crippen molar-refractivity contribution in [1.29, 1.82) is 0 Å². The first-order chi connectivity index (χ1) is 7.40. The van der Waals surface area contributed by atoms with Gasteiger partial charge in [-0.3, -0.25) is 4.79 Å². The molecule has 3 nitrogen and oxygen atoms in total. The number of nitrogens with two attached hydrogens (primary N) is 1. The van der Waals surface area contributed by atoms with Crippen LogP contribution >= 0.6 is 24.2 Å². The summed E-state index contributed by atoms with van der Waals surface area (Å²) < 4.78 is 0. The van der Waals surface area contributed by atoms with Crippen molar-refractivity contribution < 1.29 is 4.79 Å². The molecule has 1 amide bonds. The first-order valence-electron chi connectivity index (χ1n) is 5.89. The van der Waals surface area contributed by atoms with Crippen molar-refractivity contribution in [3.05, 3.63) is 0 Å². The molecular formula is C12H27ClN2OS. The Kier molecular flexibility index (Phi) is 11.5. The molecule has 0 aromatic rings. The minimum Gasteiger partial charge on any atom is -0.345 e. The van der Waals surface area contributed by atoms with Crippen LogP contribution in [0.3, 0.4) is 0 Å². The van der Waals surface area contributed by atoms with Crippen molar-refractivity contribution in [2.45, 2.75) is 33.2 Å². The van der Waals surface area contributed by atoms with E-state index in [2.05, 4.69) is 13.8 Å². The maximum atomic E-state index is 11.9. The Bertz CT molecular complexity index is 215. The summed E-state index contributed by atoms with van der Waals surface area (Å²) in [6, 6.07) is 0.186. The topological polar surface area (TPSA) is 46.3 Å². The van der Waals surface area contributed by atoms with Gasteiger partial charge in [-0.15, -0.1) is 12.4 Å². The van der Waals surface area contributed by atoms with E-state index in [1.54, 1.807) is 11.8 Å². The highest BCUT2D eigenvalue weighted by molar-refractivity contribution is 7.98. The lowest BCUT2D eigenvalue weighted by molar-refractivity contribution is -0.133. The SMILES string of the molecule is CSCC(C)C(=O)N(C)CCC(N)C(C)C.Cl. The average Bonchev–Trinajstić information content (AvgIpc) is 2.24. The van der Waals surface area contributed by atoms with Gasteiger partial charge in [0.2, 0.25) is 5.91 Å². The summed E-state index contributed by atoms with van der Waals surface area (Å²) in [6.45, 7) is 6.97. The molecule has 0 saturated carbocycles. The largest absolute Gasteiger partial charge is 0.345 e. The lowest BCUT2D eigenvalue weighted by Crippen LogP contribution is -2.37. The van der Waals surface area contributed by atoms with Crippen molar-refractivity contribution in [3.63, 3.8) is 0 Å². The van der Waals surface area contributed by atoms with Gasteiger partial charge in [0.05, 0.1) is 0 Å². The van der Waals surface area contributed by atoms with Crippen LogP contribution in [0.1, 0.15) is 27.2 Å². The van der Waals surface area contributed by atoms with E-state index in [0.717, 1.165) is 18.7 Å². The van der Waals surface area contributed by atoms with Crippen molar-refractivity contribution in [3.8, 4) is 0 Å². The Morgan fingerprint density at radius 1 is 1.35 bits per heavy atom. The predicted octanol–water partition coefficient (Wildman–Crippen LogP) is 2.24. The maximum absolute atomic E-state index is 11.9. The van der Waals surface area contributed by atoms with Crippen LogP contribution in [0.4, 0.5) is 0 Å². The summed E-state index contributed by atoms with van der Waals surface area (Å²) in [4.78, 5) is 13.7. The Morgan fingerprint density at radius 3 is 2.29 bits per heavy atom. The van der Waals surface area contributed by atoms with Gasteiger partial charge in [0.25, 0.3) is 0 Å². The maximum Gasteiger partial charge on any atom is 0.225 e. The molecule has 0 fully saturated rings. The van der Waals surface area contributed by atoms with Gasteiger partial charge in [-0.2, -0.15) is 11.8 Å². The van der Waals surface area contributed by atoms with Crippen LogP contribution in [0.5, 0.6) is 0 Å². The van der Waals surface area contributed by atoms with Gasteiger partial charge >= 0.3 is 0 Å². The summed E-state index contributed by atoms with van der Waals surface area (Å²) in [5.74, 6) is 1.70. The zero-order valence-corrected chi connectivity index (χ0v) is 13.2. The molecule has 0 saturated heterocycles. The highest BCUT2D eigenvalue weighted by Crippen LogP contribution is 2.09. The van der Waals surface area contributed by atoms with E-state index in [4.69, 9.17) is 5.73 Å². The minimum atomic E-state index is 0. The third kappa shape index (κ3) is 7.90. The fourth-order valence-corrected chi connectivity index (χ4v) is 2.13. The molecule has 0 spiro atoms. The highest BCUT2D eigenvalue weighted by Gasteiger charge is 2.17. The number of carbonyl (C=O) groups excluding carboxylic acids is 1. The van der Waals surface area contributed by atoms with Crippen LogP contribution in [0.15, 0.2) is 0 Å². The molecule has 5 heteroatoms. The van der Waals surface area contributed by atoms with Crippen molar-refractivity contribution >= 4 is 30.1 Å². The molecule has 2 N–H and O–H groups in total. The Hall–Kier alpha value is 0.0700. The number of hydrogen-bond acceptors (Lipinski definition) is 3. The molecule has 2 unspecified atom stereocenters. The molecule has 0 aliphatic heterocycles. The van der Waals surface area contributed by atoms with Gasteiger partial charge in [0.15, 0.2) is 0 Å². The number of hydrogen-bond donors (Lipinski definition) is 1. The van der Waals surface area contributed by atoms with E-state index in [1.807, 2.05) is 25.1 Å². The zero-order valence-electron chi connectivity index (χ0n) is 11.6. The Balaban J connectivity index is 0. The molecule has 2 atom stereocenters. The molecular weight excluding hydrogens is 256 g/mol. The van der Waals surface area contributed by atoms with Crippen LogP contribution in [0, 0.1) is 11.8 Å². The molecule has 0 bridgehead atoms. The molecule has 0 heterocycles. The van der Waals surface area contributed by atoms with Gasteiger partial charge in [-0.1, -0.05) is 20.8 Å². The summed E-state index contributed by atoms with van der Waals surface area (Å²) in [5.41, 5.74) is 5.96. The first kappa shape index (κ1) is 19.4. The average molecular weight is 283 g/mol. The third-order valence-electron chi connectivity index (χ3n) is 2.87. The molecule has 104 valence electrons. The number of rotatable bonds is 7. The monoisotopic (exact) mass is 282 g/mol. The van der Waals surface area contributed by atoms with Gasteiger partial charge in [0.1, 0.15) is 0 Å². The molecule has 17 heavy (non-hydrogen) atoms. The molecule has 0 radical (unpaired) electrons. The van der Waals surface area contributed by atoms with Gasteiger partial charge in [-0.25, -0.2) is 0 Å². The Labute approximate surface area is 116 Å². The molecule has 0 rings (SSSR count). The fourth-order valence-electron chi connectivity index (χ4n) is 1.48. The second-order valence-electron chi connectivity index (χ2n) is 4.81. The summed E-state index contributed by atoms with van der Waals surface area (Å²) >= 11 is 1.71. The molecule has 0 aromatic heterocycles. The summed E-state index contributed by atoms with van der Waals surface area (Å²) in [6.07, 6.45) is 2.91. The summed E-state index contributed by atoms with van der Waals surface area (Å²) in [7, 11) is 1.87. The Morgan fingerprint density at radius 2 is 1.88 bits per heavy atom. The standard InChI is InChI=1S/C12H26N2OS.ClH/c1-9(2)11(13)6-7-14(4)12(15)10(3)8-16-5;/h9-11H,6-8,13H2,1-5H3;1H. The quantitative estimate of drug-likeness (QED) is 0.779. The smallest absolute Gasteiger partial charge is 0.225 e. The number of halogens is 1. The second kappa shape index (κ2) is 10.0. The first-order valence-corrected chi connectivity index (χ1v) is 7.29. The van der Waals surface area contributed by atoms with E-state index in [0.29, 0.717) is 5.92 Å². The van der Waals surface area contributed by atoms with Crippen molar-refractivity contribution in [1.82, 2.24) is 4.90 Å². The normalized spacial score (nSPS) is 14.1. The number of amides is 1. The van der Waals surface area contributed by atoms with E-state index in [-0.39, 0.29) is 30.3 Å². The number of thioether (sulfide) groups is 1. The highest BCUT2D eigenvalue weighted by atomic mass is 35.5. The molecule has 0 aliphatic rings. The molecule has 0 aromatic carbocycles.